The lowest BCUT2D eigenvalue weighted by atomic mass is 10.2. The molecule has 1 aliphatic heterocycles. The van der Waals surface area contributed by atoms with Crippen LogP contribution in [0, 0.1) is 7.14 Å². The zero-order chi connectivity index (χ0) is 22.0. The Kier molecular flexibility index (Phi) is 7.35. The lowest BCUT2D eigenvalue weighted by Crippen LogP contribution is -2.05. The van der Waals surface area contributed by atoms with Gasteiger partial charge in [-0.2, -0.15) is 0 Å². The van der Waals surface area contributed by atoms with E-state index in [0.29, 0.717) is 17.2 Å². The quantitative estimate of drug-likeness (QED) is 0.159. The molecule has 0 amide bonds. The van der Waals surface area contributed by atoms with Crippen LogP contribution >= 0.6 is 72.7 Å². The van der Waals surface area contributed by atoms with Gasteiger partial charge in [-0.1, -0.05) is 51.8 Å². The van der Waals surface area contributed by atoms with Gasteiger partial charge in [0.1, 0.15) is 12.4 Å². The molecule has 0 fully saturated rings. The van der Waals surface area contributed by atoms with Gasteiger partial charge in [0.15, 0.2) is 5.70 Å². The fraction of sp³-hybridized carbons (Fsp3) is 0.0435. The summed E-state index contributed by atoms with van der Waals surface area (Å²) < 4.78 is 14.3. The Morgan fingerprint density at radius 2 is 1.74 bits per heavy atom. The number of hydrogen-bond donors (Lipinski definition) is 0. The van der Waals surface area contributed by atoms with Crippen LogP contribution in [0.2, 0.25) is 5.02 Å². The van der Waals surface area contributed by atoms with E-state index in [1.165, 1.54) is 0 Å². The number of nitrogens with zero attached hydrogens (tertiary/aromatic N) is 1. The van der Waals surface area contributed by atoms with Gasteiger partial charge in [-0.05, 0) is 98.8 Å². The summed E-state index contributed by atoms with van der Waals surface area (Å²) in [5.41, 5.74) is 2.73. The zero-order valence-corrected chi connectivity index (χ0v) is 22.4. The molecule has 0 bridgehead atoms. The minimum atomic E-state index is -0.504. The van der Waals surface area contributed by atoms with E-state index in [1.807, 2.05) is 48.5 Å². The summed E-state index contributed by atoms with van der Waals surface area (Å²) in [5.74, 6) is 0.511. The predicted molar refractivity (Wildman–Crippen MR) is 142 cm³/mol. The lowest BCUT2D eigenvalue weighted by Gasteiger charge is -2.11. The summed E-state index contributed by atoms with van der Waals surface area (Å²) in [6.45, 7) is 0.470. The molecule has 156 valence electrons. The summed E-state index contributed by atoms with van der Waals surface area (Å²) in [6, 6.07) is 19.0. The van der Waals surface area contributed by atoms with Crippen molar-refractivity contribution in [3.05, 3.63) is 99.7 Å². The van der Waals surface area contributed by atoms with Gasteiger partial charge >= 0.3 is 5.97 Å². The van der Waals surface area contributed by atoms with Gasteiger partial charge in [-0.3, -0.25) is 0 Å². The molecular formula is C23H13BrClI2NO3. The Morgan fingerprint density at radius 3 is 2.42 bits per heavy atom. The molecule has 4 nitrogen and oxygen atoms in total. The van der Waals surface area contributed by atoms with Crippen LogP contribution in [0.4, 0.5) is 0 Å². The minimum Gasteiger partial charge on any atom is -0.487 e. The molecule has 0 atom stereocenters. The van der Waals surface area contributed by atoms with Crippen LogP contribution in [-0.4, -0.2) is 11.9 Å². The topological polar surface area (TPSA) is 47.9 Å². The van der Waals surface area contributed by atoms with E-state index in [4.69, 9.17) is 21.1 Å². The first-order chi connectivity index (χ1) is 14.9. The van der Waals surface area contributed by atoms with Gasteiger partial charge < -0.3 is 9.47 Å². The molecule has 1 heterocycles. The number of esters is 1. The molecule has 31 heavy (non-hydrogen) atoms. The highest BCUT2D eigenvalue weighted by Crippen LogP contribution is 2.31. The molecule has 0 N–H and O–H groups in total. The first-order valence-corrected chi connectivity index (χ1v) is 12.4. The van der Waals surface area contributed by atoms with E-state index >= 15 is 0 Å². The van der Waals surface area contributed by atoms with Crippen LogP contribution < -0.4 is 4.74 Å². The van der Waals surface area contributed by atoms with Crippen molar-refractivity contribution in [2.75, 3.05) is 0 Å². The number of carbonyl (C=O) groups is 1. The fourth-order valence-corrected chi connectivity index (χ4v) is 5.46. The molecule has 3 aromatic rings. The van der Waals surface area contributed by atoms with Crippen LogP contribution in [0.15, 0.2) is 75.8 Å². The van der Waals surface area contributed by atoms with Crippen molar-refractivity contribution in [2.45, 2.75) is 6.61 Å². The number of aliphatic imine (C=N–C) groups is 1. The first kappa shape index (κ1) is 22.8. The van der Waals surface area contributed by atoms with E-state index in [1.54, 1.807) is 18.2 Å². The van der Waals surface area contributed by atoms with E-state index in [0.717, 1.165) is 28.5 Å². The monoisotopic (exact) mass is 719 g/mol. The van der Waals surface area contributed by atoms with Gasteiger partial charge in [0.05, 0.1) is 17.7 Å². The molecule has 0 saturated heterocycles. The number of hydrogen-bond acceptors (Lipinski definition) is 4. The Morgan fingerprint density at radius 1 is 1.06 bits per heavy atom. The normalized spacial score (nSPS) is 14.5. The third-order valence-corrected chi connectivity index (χ3v) is 6.81. The largest absolute Gasteiger partial charge is 0.487 e. The van der Waals surface area contributed by atoms with Crippen LogP contribution in [-0.2, 0) is 16.1 Å². The molecule has 1 aliphatic rings. The highest BCUT2D eigenvalue weighted by Gasteiger charge is 2.25. The Hall–Kier alpha value is -1.43. The summed E-state index contributed by atoms with van der Waals surface area (Å²) in [4.78, 5) is 16.7. The average molecular weight is 721 g/mol. The SMILES string of the molecule is O=C1OC(c2ccccc2Cl)=N/C1=C\c1cc(I)c(OCc2ccc(Br)cc2)c(I)c1. The van der Waals surface area contributed by atoms with Crippen LogP contribution in [0.5, 0.6) is 5.75 Å². The second-order valence-corrected chi connectivity index (χ2v) is 10.2. The van der Waals surface area contributed by atoms with E-state index in [-0.39, 0.29) is 11.6 Å². The van der Waals surface area contributed by atoms with Crippen molar-refractivity contribution < 1.29 is 14.3 Å². The van der Waals surface area contributed by atoms with Crippen molar-refractivity contribution in [3.63, 3.8) is 0 Å². The number of rotatable bonds is 5. The van der Waals surface area contributed by atoms with Gasteiger partial charge in [-0.25, -0.2) is 9.79 Å². The maximum Gasteiger partial charge on any atom is 0.363 e. The predicted octanol–water partition coefficient (Wildman–Crippen LogP) is 7.24. The number of cyclic esters (lactones) is 1. The van der Waals surface area contributed by atoms with E-state index < -0.39 is 5.97 Å². The van der Waals surface area contributed by atoms with E-state index in [2.05, 4.69) is 66.1 Å². The molecule has 3 aromatic carbocycles. The van der Waals surface area contributed by atoms with E-state index in [9.17, 15) is 4.79 Å². The highest BCUT2D eigenvalue weighted by atomic mass is 127. The average Bonchev–Trinajstić information content (AvgIpc) is 3.09. The number of benzene rings is 3. The smallest absolute Gasteiger partial charge is 0.363 e. The first-order valence-electron chi connectivity index (χ1n) is 9.04. The molecule has 0 saturated carbocycles. The van der Waals surface area contributed by atoms with Gasteiger partial charge in [-0.15, -0.1) is 0 Å². The maximum atomic E-state index is 12.3. The van der Waals surface area contributed by atoms with Crippen LogP contribution in [0.1, 0.15) is 16.7 Å². The Bertz CT molecular complexity index is 1200. The standard InChI is InChI=1S/C23H13BrClI2NO3/c24-15-7-5-13(6-8-15)12-30-21-18(26)9-14(10-19(21)27)11-20-23(29)31-22(28-20)16-3-1-2-4-17(16)25/h1-11H,12H2/b20-11-. The minimum absolute atomic E-state index is 0.209. The summed E-state index contributed by atoms with van der Waals surface area (Å²) in [5, 5.41) is 0.478. The lowest BCUT2D eigenvalue weighted by molar-refractivity contribution is -0.129. The molecule has 4 rings (SSSR count). The molecule has 0 radical (unpaired) electrons. The number of ether oxygens (including phenoxy) is 2. The molecule has 0 unspecified atom stereocenters. The summed E-state index contributed by atoms with van der Waals surface area (Å²) >= 11 is 14.1. The van der Waals surface area contributed by atoms with Crippen molar-refractivity contribution in [3.8, 4) is 5.75 Å². The molecule has 8 heteroatoms. The fourth-order valence-electron chi connectivity index (χ4n) is 2.85. The second-order valence-electron chi connectivity index (χ2n) is 6.54. The van der Waals surface area contributed by atoms with Crippen LogP contribution in [0.25, 0.3) is 6.08 Å². The Labute approximate surface area is 220 Å². The molecule has 0 aliphatic carbocycles. The number of carbonyl (C=O) groups excluding carboxylic acids is 1. The highest BCUT2D eigenvalue weighted by molar-refractivity contribution is 14.1. The van der Waals surface area contributed by atoms with Gasteiger partial charge in [0.2, 0.25) is 5.90 Å². The van der Waals surface area contributed by atoms with Crippen molar-refractivity contribution in [1.29, 1.82) is 0 Å². The second kappa shape index (κ2) is 10.0. The van der Waals surface area contributed by atoms with Gasteiger partial charge in [0.25, 0.3) is 0 Å². The summed E-state index contributed by atoms with van der Waals surface area (Å²) in [7, 11) is 0. The molecule has 0 aromatic heterocycles. The number of halogens is 4. The van der Waals surface area contributed by atoms with Gasteiger partial charge in [0, 0.05) is 4.47 Å². The molecular weight excluding hydrogens is 707 g/mol. The van der Waals surface area contributed by atoms with Crippen molar-refractivity contribution in [1.82, 2.24) is 0 Å². The Balaban J connectivity index is 1.56. The maximum absolute atomic E-state index is 12.3. The van der Waals surface area contributed by atoms with Crippen molar-refractivity contribution >= 4 is 90.7 Å². The molecule has 0 spiro atoms. The summed E-state index contributed by atoms with van der Waals surface area (Å²) in [6.07, 6.45) is 1.70. The van der Waals surface area contributed by atoms with Crippen LogP contribution in [0.3, 0.4) is 0 Å². The zero-order valence-electron chi connectivity index (χ0n) is 15.7. The van der Waals surface area contributed by atoms with Crippen molar-refractivity contribution in [2.24, 2.45) is 4.99 Å². The third-order valence-electron chi connectivity index (χ3n) is 4.35. The third kappa shape index (κ3) is 5.50.